The van der Waals surface area contributed by atoms with Gasteiger partial charge in [-0.3, -0.25) is 9.36 Å². The lowest BCUT2D eigenvalue weighted by Gasteiger charge is -2.13. The second kappa shape index (κ2) is 8.95. The second-order valence-corrected chi connectivity index (χ2v) is 8.74. The van der Waals surface area contributed by atoms with E-state index in [1.807, 2.05) is 66.1 Å². The molecule has 0 unspecified atom stereocenters. The van der Waals surface area contributed by atoms with Gasteiger partial charge in [0.15, 0.2) is 11.0 Å². The molecule has 9 heteroatoms. The van der Waals surface area contributed by atoms with E-state index in [9.17, 15) is 4.79 Å². The number of H-pyrrole nitrogens is 1. The van der Waals surface area contributed by atoms with Gasteiger partial charge in [-0.05, 0) is 43.3 Å². The molecule has 2 aromatic carbocycles. The van der Waals surface area contributed by atoms with Crippen molar-refractivity contribution < 1.29 is 9.15 Å². The van der Waals surface area contributed by atoms with Crippen molar-refractivity contribution in [3.8, 4) is 17.1 Å². The fourth-order valence-corrected chi connectivity index (χ4v) is 4.47. The number of para-hydroxylation sites is 1. The number of thioether (sulfide) groups is 1. The predicted molar refractivity (Wildman–Crippen MR) is 126 cm³/mol. The summed E-state index contributed by atoms with van der Waals surface area (Å²) in [6.45, 7) is 2.44. The summed E-state index contributed by atoms with van der Waals surface area (Å²) in [7, 11) is 1.63. The first-order valence-corrected chi connectivity index (χ1v) is 11.3. The van der Waals surface area contributed by atoms with Crippen molar-refractivity contribution >= 4 is 22.7 Å². The van der Waals surface area contributed by atoms with Crippen LogP contribution in [0.5, 0.6) is 5.75 Å². The predicted octanol–water partition coefficient (Wildman–Crippen LogP) is 4.68. The molecule has 0 radical (unpaired) electrons. The van der Waals surface area contributed by atoms with Crippen molar-refractivity contribution in [2.45, 2.75) is 23.9 Å². The smallest absolute Gasteiger partial charge is 0.258 e. The largest absolute Gasteiger partial charge is 0.497 e. The summed E-state index contributed by atoms with van der Waals surface area (Å²) >= 11 is 1.47. The Balaban J connectivity index is 1.52. The first kappa shape index (κ1) is 21.0. The summed E-state index contributed by atoms with van der Waals surface area (Å²) in [6, 6.07) is 18.8. The van der Waals surface area contributed by atoms with Crippen molar-refractivity contribution in [3.63, 3.8) is 0 Å². The Morgan fingerprint density at radius 3 is 2.82 bits per heavy atom. The number of hydrogen-bond acceptors (Lipinski definition) is 7. The molecule has 3 aromatic heterocycles. The summed E-state index contributed by atoms with van der Waals surface area (Å²) in [5.74, 6) is 2.80. The minimum Gasteiger partial charge on any atom is -0.497 e. The number of nitrogens with one attached hydrogen (secondary N) is 1. The Bertz CT molecular complexity index is 1460. The van der Waals surface area contributed by atoms with Crippen LogP contribution in [0.25, 0.3) is 22.3 Å². The van der Waals surface area contributed by atoms with Crippen molar-refractivity contribution in [2.24, 2.45) is 0 Å². The number of rotatable bonds is 7. The molecule has 0 fully saturated rings. The molecule has 5 rings (SSSR count). The average molecular weight is 460 g/mol. The summed E-state index contributed by atoms with van der Waals surface area (Å²) in [5.41, 5.74) is 1.39. The van der Waals surface area contributed by atoms with Crippen LogP contribution in [0.4, 0.5) is 0 Å². The normalized spacial score (nSPS) is 12.2. The fourth-order valence-electron chi connectivity index (χ4n) is 3.56. The van der Waals surface area contributed by atoms with E-state index in [0.29, 0.717) is 34.3 Å². The molecule has 0 aliphatic rings. The molecule has 8 nitrogen and oxygen atoms in total. The maximum absolute atomic E-state index is 12.5. The van der Waals surface area contributed by atoms with Crippen molar-refractivity contribution in [1.82, 2.24) is 24.7 Å². The number of benzene rings is 2. The van der Waals surface area contributed by atoms with Gasteiger partial charge < -0.3 is 14.1 Å². The molecule has 0 saturated carbocycles. The molecule has 5 aromatic rings. The SMILES string of the molecule is COc1cccc(-c2nnc(S[C@H](C)c3nc4ccccc4c(=O)[nH]3)n2Cc2ccco2)c1. The van der Waals surface area contributed by atoms with E-state index in [0.717, 1.165) is 17.1 Å². The van der Waals surface area contributed by atoms with Gasteiger partial charge in [-0.1, -0.05) is 36.0 Å². The molecule has 0 spiro atoms. The van der Waals surface area contributed by atoms with Gasteiger partial charge in [-0.2, -0.15) is 0 Å². The van der Waals surface area contributed by atoms with Crippen LogP contribution >= 0.6 is 11.8 Å². The third-order valence-electron chi connectivity index (χ3n) is 5.24. The Labute approximate surface area is 193 Å². The minimum atomic E-state index is -0.167. The molecule has 0 amide bonds. The molecule has 1 atom stereocenters. The highest BCUT2D eigenvalue weighted by atomic mass is 32.2. The maximum Gasteiger partial charge on any atom is 0.258 e. The number of hydrogen-bond donors (Lipinski definition) is 1. The fraction of sp³-hybridized carbons (Fsp3) is 0.167. The van der Waals surface area contributed by atoms with Crippen LogP contribution < -0.4 is 10.3 Å². The van der Waals surface area contributed by atoms with Crippen molar-refractivity contribution in [2.75, 3.05) is 7.11 Å². The van der Waals surface area contributed by atoms with Gasteiger partial charge in [0.2, 0.25) is 0 Å². The highest BCUT2D eigenvalue weighted by Gasteiger charge is 2.20. The first-order chi connectivity index (χ1) is 16.1. The number of methoxy groups -OCH3 is 1. The Kier molecular flexibility index (Phi) is 5.70. The molecule has 0 bridgehead atoms. The van der Waals surface area contributed by atoms with Crippen molar-refractivity contribution in [1.29, 1.82) is 0 Å². The van der Waals surface area contributed by atoms with Crippen LogP contribution in [0.2, 0.25) is 0 Å². The van der Waals surface area contributed by atoms with E-state index in [2.05, 4.69) is 20.2 Å². The number of fused-ring (bicyclic) bond motifs is 1. The summed E-state index contributed by atoms with van der Waals surface area (Å²) in [5, 5.41) is 10.0. The molecular formula is C24H21N5O3S. The zero-order valence-electron chi connectivity index (χ0n) is 18.1. The third-order valence-corrected chi connectivity index (χ3v) is 6.33. The van der Waals surface area contributed by atoms with E-state index in [1.54, 1.807) is 19.4 Å². The van der Waals surface area contributed by atoms with Crippen molar-refractivity contribution in [3.05, 3.63) is 88.9 Å². The molecule has 3 heterocycles. The molecule has 33 heavy (non-hydrogen) atoms. The quantitative estimate of drug-likeness (QED) is 0.353. The standard InChI is InChI=1S/C24H21N5O3S/c1-15(21-25-20-11-4-3-10-19(20)23(30)26-21)33-24-28-27-22(16-7-5-8-17(13-16)31-2)29(24)14-18-9-6-12-32-18/h3-13,15H,14H2,1-2H3,(H,25,26,30)/t15-/m1/s1. The van der Waals surface area contributed by atoms with Gasteiger partial charge in [0, 0.05) is 5.56 Å². The van der Waals surface area contributed by atoms with Gasteiger partial charge >= 0.3 is 0 Å². The van der Waals surface area contributed by atoms with Gasteiger partial charge in [0.05, 0.1) is 36.1 Å². The van der Waals surface area contributed by atoms with Crippen LogP contribution in [0.1, 0.15) is 23.8 Å². The Morgan fingerprint density at radius 1 is 1.12 bits per heavy atom. The molecular weight excluding hydrogens is 438 g/mol. The molecule has 0 saturated heterocycles. The van der Waals surface area contributed by atoms with E-state index in [1.165, 1.54) is 11.8 Å². The average Bonchev–Trinajstić information content (AvgIpc) is 3.50. The summed E-state index contributed by atoms with van der Waals surface area (Å²) in [6.07, 6.45) is 1.64. The van der Waals surface area contributed by atoms with Gasteiger partial charge in [0.1, 0.15) is 17.3 Å². The lowest BCUT2D eigenvalue weighted by Crippen LogP contribution is -2.13. The summed E-state index contributed by atoms with van der Waals surface area (Å²) < 4.78 is 12.9. The van der Waals surface area contributed by atoms with Gasteiger partial charge in [-0.15, -0.1) is 10.2 Å². The van der Waals surface area contributed by atoms with Gasteiger partial charge in [0.25, 0.3) is 5.56 Å². The number of ether oxygens (including phenoxy) is 1. The monoisotopic (exact) mass is 459 g/mol. The topological polar surface area (TPSA) is 98.8 Å². The van der Waals surface area contributed by atoms with E-state index in [-0.39, 0.29) is 10.8 Å². The molecule has 0 aliphatic heterocycles. The Hall–Kier alpha value is -3.85. The highest BCUT2D eigenvalue weighted by Crippen LogP contribution is 2.35. The second-order valence-electron chi connectivity index (χ2n) is 7.43. The van der Waals surface area contributed by atoms with E-state index >= 15 is 0 Å². The summed E-state index contributed by atoms with van der Waals surface area (Å²) in [4.78, 5) is 20.1. The number of nitrogens with zero attached hydrogens (tertiary/aromatic N) is 4. The number of aromatic amines is 1. The highest BCUT2D eigenvalue weighted by molar-refractivity contribution is 7.99. The van der Waals surface area contributed by atoms with Crippen LogP contribution in [-0.2, 0) is 6.54 Å². The third kappa shape index (κ3) is 4.27. The van der Waals surface area contributed by atoms with E-state index < -0.39 is 0 Å². The zero-order chi connectivity index (χ0) is 22.8. The van der Waals surface area contributed by atoms with Crippen LogP contribution in [0.15, 0.2) is 81.3 Å². The minimum absolute atomic E-state index is 0.155. The van der Waals surface area contributed by atoms with Gasteiger partial charge in [-0.25, -0.2) is 4.98 Å². The molecule has 166 valence electrons. The number of aromatic nitrogens is 5. The Morgan fingerprint density at radius 2 is 2.00 bits per heavy atom. The molecule has 1 N–H and O–H groups in total. The van der Waals surface area contributed by atoms with Crippen LogP contribution in [-0.4, -0.2) is 31.8 Å². The lowest BCUT2D eigenvalue weighted by atomic mass is 10.2. The lowest BCUT2D eigenvalue weighted by molar-refractivity contribution is 0.415. The maximum atomic E-state index is 12.5. The zero-order valence-corrected chi connectivity index (χ0v) is 18.9. The first-order valence-electron chi connectivity index (χ1n) is 10.4. The van der Waals surface area contributed by atoms with Crippen LogP contribution in [0.3, 0.4) is 0 Å². The number of furan rings is 1. The van der Waals surface area contributed by atoms with Crippen LogP contribution in [0, 0.1) is 0 Å². The molecule has 0 aliphatic carbocycles. The van der Waals surface area contributed by atoms with E-state index in [4.69, 9.17) is 9.15 Å².